The van der Waals surface area contributed by atoms with E-state index in [9.17, 15) is 17.6 Å². The average molecular weight is 459 g/mol. The van der Waals surface area contributed by atoms with E-state index in [0.717, 1.165) is 30.0 Å². The molecule has 0 spiro atoms. The molecule has 0 unspecified atom stereocenters. The first-order valence-electron chi connectivity index (χ1n) is 10.5. The van der Waals surface area contributed by atoms with Crippen molar-refractivity contribution in [3.63, 3.8) is 0 Å². The molecule has 1 aliphatic carbocycles. The largest absolute Gasteiger partial charge is 0.369 e. The lowest BCUT2D eigenvalue weighted by molar-refractivity contribution is -0.116. The Kier molecular flexibility index (Phi) is 7.48. The second kappa shape index (κ2) is 10.1. The van der Waals surface area contributed by atoms with Gasteiger partial charge in [0.15, 0.2) is 0 Å². The van der Waals surface area contributed by atoms with Crippen LogP contribution in [0, 0.1) is 17.1 Å². The number of amides is 1. The van der Waals surface area contributed by atoms with E-state index in [1.807, 2.05) is 18.0 Å². The summed E-state index contributed by atoms with van der Waals surface area (Å²) in [6, 6.07) is 12.2. The highest BCUT2D eigenvalue weighted by Crippen LogP contribution is 2.29. The molecule has 1 fully saturated rings. The fraction of sp³-hybridized carbons (Fsp3) is 0.391. The van der Waals surface area contributed by atoms with Crippen LogP contribution in [-0.4, -0.2) is 45.3 Å². The van der Waals surface area contributed by atoms with Gasteiger partial charge < -0.3 is 10.2 Å². The van der Waals surface area contributed by atoms with Gasteiger partial charge in [-0.1, -0.05) is 19.3 Å². The Morgan fingerprint density at radius 3 is 2.38 bits per heavy atom. The zero-order valence-corrected chi connectivity index (χ0v) is 19.0. The molecule has 0 aliphatic heterocycles. The SMILES string of the molecule is CN(c1ccc(NC(=O)CN(C)S(=O)(=O)c2ccc(C#N)cc2)cc1F)C1CCCCC1. The van der Waals surface area contributed by atoms with Gasteiger partial charge in [-0.25, -0.2) is 12.8 Å². The maximum atomic E-state index is 14.7. The Balaban J connectivity index is 1.63. The minimum absolute atomic E-state index is 0.0204. The highest BCUT2D eigenvalue weighted by Gasteiger charge is 2.24. The van der Waals surface area contributed by atoms with Crippen molar-refractivity contribution in [3.05, 3.63) is 53.8 Å². The molecule has 0 heterocycles. The molecule has 9 heteroatoms. The lowest BCUT2D eigenvalue weighted by atomic mass is 9.94. The number of carbonyl (C=O) groups excluding carboxylic acids is 1. The van der Waals surface area contributed by atoms with Gasteiger partial charge in [0.2, 0.25) is 15.9 Å². The maximum absolute atomic E-state index is 14.7. The van der Waals surface area contributed by atoms with Gasteiger partial charge >= 0.3 is 0 Å². The van der Waals surface area contributed by atoms with Gasteiger partial charge in [0.1, 0.15) is 5.82 Å². The van der Waals surface area contributed by atoms with Gasteiger partial charge in [-0.15, -0.1) is 0 Å². The predicted molar refractivity (Wildman–Crippen MR) is 121 cm³/mol. The average Bonchev–Trinajstić information content (AvgIpc) is 2.79. The van der Waals surface area contributed by atoms with E-state index in [2.05, 4.69) is 5.32 Å². The highest BCUT2D eigenvalue weighted by atomic mass is 32.2. The Labute approximate surface area is 188 Å². The van der Waals surface area contributed by atoms with Crippen molar-refractivity contribution in [3.8, 4) is 6.07 Å². The molecule has 3 rings (SSSR count). The third kappa shape index (κ3) is 5.44. The van der Waals surface area contributed by atoms with E-state index in [-0.39, 0.29) is 10.6 Å². The molecule has 1 saturated carbocycles. The smallest absolute Gasteiger partial charge is 0.243 e. The molecule has 1 N–H and O–H groups in total. The van der Waals surface area contributed by atoms with Gasteiger partial charge in [0, 0.05) is 25.8 Å². The van der Waals surface area contributed by atoms with E-state index >= 15 is 0 Å². The van der Waals surface area contributed by atoms with E-state index in [1.165, 1.54) is 43.8 Å². The van der Waals surface area contributed by atoms with Crippen molar-refractivity contribution in [2.45, 2.75) is 43.0 Å². The van der Waals surface area contributed by atoms with Gasteiger partial charge in [-0.2, -0.15) is 9.57 Å². The molecule has 0 aromatic heterocycles. The van der Waals surface area contributed by atoms with Crippen LogP contribution in [0.1, 0.15) is 37.7 Å². The summed E-state index contributed by atoms with van der Waals surface area (Å²) >= 11 is 0. The molecule has 7 nitrogen and oxygen atoms in total. The third-order valence-corrected chi connectivity index (χ3v) is 7.61. The Morgan fingerprint density at radius 1 is 1.12 bits per heavy atom. The summed E-state index contributed by atoms with van der Waals surface area (Å²) in [6.07, 6.45) is 5.57. The van der Waals surface area contributed by atoms with E-state index in [0.29, 0.717) is 17.3 Å². The summed E-state index contributed by atoms with van der Waals surface area (Å²) in [5.74, 6) is -1.02. The van der Waals surface area contributed by atoms with Crippen LogP contribution in [-0.2, 0) is 14.8 Å². The number of nitrogens with one attached hydrogen (secondary N) is 1. The fourth-order valence-electron chi connectivity index (χ4n) is 3.90. The number of anilines is 2. The van der Waals surface area contributed by atoms with Crippen LogP contribution in [0.2, 0.25) is 0 Å². The normalized spacial score (nSPS) is 14.7. The monoisotopic (exact) mass is 458 g/mol. The molecular weight excluding hydrogens is 431 g/mol. The number of rotatable bonds is 7. The first kappa shape index (κ1) is 23.7. The molecule has 170 valence electrons. The molecule has 0 radical (unpaired) electrons. The van der Waals surface area contributed by atoms with Crippen molar-refractivity contribution in [2.75, 3.05) is 30.9 Å². The molecule has 2 aromatic rings. The summed E-state index contributed by atoms with van der Waals surface area (Å²) in [7, 11) is -0.735. The number of likely N-dealkylation sites (N-methyl/N-ethyl adjacent to an activating group) is 1. The minimum Gasteiger partial charge on any atom is -0.369 e. The molecule has 0 bridgehead atoms. The van der Waals surface area contributed by atoms with Crippen LogP contribution in [0.5, 0.6) is 0 Å². The van der Waals surface area contributed by atoms with Crippen LogP contribution in [0.4, 0.5) is 15.8 Å². The van der Waals surface area contributed by atoms with Crippen LogP contribution in [0.25, 0.3) is 0 Å². The van der Waals surface area contributed by atoms with Crippen molar-refractivity contribution in [2.24, 2.45) is 0 Å². The number of carbonyl (C=O) groups is 1. The Bertz CT molecular complexity index is 1110. The number of hydrogen-bond acceptors (Lipinski definition) is 5. The van der Waals surface area contributed by atoms with Crippen molar-refractivity contribution in [1.82, 2.24) is 4.31 Å². The number of sulfonamides is 1. The number of nitriles is 1. The lowest BCUT2D eigenvalue weighted by Crippen LogP contribution is -2.35. The number of halogens is 1. The first-order chi connectivity index (χ1) is 15.2. The van der Waals surface area contributed by atoms with E-state index in [4.69, 9.17) is 5.26 Å². The molecule has 1 amide bonds. The quantitative estimate of drug-likeness (QED) is 0.682. The van der Waals surface area contributed by atoms with Crippen molar-refractivity contribution >= 4 is 27.3 Å². The van der Waals surface area contributed by atoms with Gasteiger partial charge in [0.25, 0.3) is 0 Å². The molecule has 0 atom stereocenters. The number of benzene rings is 2. The zero-order chi connectivity index (χ0) is 23.3. The fourth-order valence-corrected chi connectivity index (χ4v) is 5.03. The summed E-state index contributed by atoms with van der Waals surface area (Å²) in [5, 5.41) is 11.4. The summed E-state index contributed by atoms with van der Waals surface area (Å²) in [6.45, 7) is -0.437. The number of hydrogen-bond donors (Lipinski definition) is 1. The maximum Gasteiger partial charge on any atom is 0.243 e. The van der Waals surface area contributed by atoms with Crippen LogP contribution in [0.15, 0.2) is 47.4 Å². The zero-order valence-electron chi connectivity index (χ0n) is 18.2. The van der Waals surface area contributed by atoms with Gasteiger partial charge in [0.05, 0.1) is 28.8 Å². The van der Waals surface area contributed by atoms with Gasteiger partial charge in [-0.05, 0) is 55.3 Å². The van der Waals surface area contributed by atoms with E-state index < -0.39 is 28.3 Å². The summed E-state index contributed by atoms with van der Waals surface area (Å²) in [4.78, 5) is 14.3. The highest BCUT2D eigenvalue weighted by molar-refractivity contribution is 7.89. The third-order valence-electron chi connectivity index (χ3n) is 5.79. The molecular formula is C23H27FN4O3S. The minimum atomic E-state index is -3.91. The second-order valence-electron chi connectivity index (χ2n) is 8.01. The van der Waals surface area contributed by atoms with Crippen LogP contribution >= 0.6 is 0 Å². The van der Waals surface area contributed by atoms with Crippen molar-refractivity contribution < 1.29 is 17.6 Å². The molecule has 0 saturated heterocycles. The number of nitrogens with zero attached hydrogens (tertiary/aromatic N) is 3. The Morgan fingerprint density at radius 2 is 1.78 bits per heavy atom. The first-order valence-corrected chi connectivity index (χ1v) is 11.9. The van der Waals surface area contributed by atoms with Crippen LogP contribution in [0.3, 0.4) is 0 Å². The van der Waals surface area contributed by atoms with E-state index in [1.54, 1.807) is 12.1 Å². The lowest BCUT2D eigenvalue weighted by Gasteiger charge is -2.33. The standard InChI is InChI=1S/C23H27FN4O3S/c1-27(32(30,31)20-11-8-17(15-25)9-12-20)16-23(29)26-18-10-13-22(21(24)14-18)28(2)19-6-4-3-5-7-19/h8-14,19H,3-7,16H2,1-2H3,(H,26,29). The topological polar surface area (TPSA) is 93.5 Å². The van der Waals surface area contributed by atoms with Crippen LogP contribution < -0.4 is 10.2 Å². The van der Waals surface area contributed by atoms with Gasteiger partial charge in [-0.3, -0.25) is 4.79 Å². The molecule has 2 aromatic carbocycles. The Hall–Kier alpha value is -2.96. The molecule has 32 heavy (non-hydrogen) atoms. The molecule has 1 aliphatic rings. The predicted octanol–water partition coefficient (Wildman–Crippen LogP) is 3.73. The second-order valence-corrected chi connectivity index (χ2v) is 10.1. The summed E-state index contributed by atoms with van der Waals surface area (Å²) in [5.41, 5.74) is 1.08. The summed E-state index contributed by atoms with van der Waals surface area (Å²) < 4.78 is 40.9. The van der Waals surface area contributed by atoms with Crippen molar-refractivity contribution in [1.29, 1.82) is 5.26 Å².